The first-order valence-corrected chi connectivity index (χ1v) is 7.00. The van der Waals surface area contributed by atoms with E-state index in [1.165, 1.54) is 5.56 Å². The molecule has 2 N–H and O–H groups in total. The molecule has 2 aromatic rings. The van der Waals surface area contributed by atoms with E-state index in [9.17, 15) is 0 Å². The number of hydrogen-bond acceptors (Lipinski definition) is 4. The molecule has 0 radical (unpaired) electrons. The second-order valence-corrected chi connectivity index (χ2v) is 5.27. The van der Waals surface area contributed by atoms with Crippen LogP contribution in [0.15, 0.2) is 35.0 Å². The average molecular weight is 261 g/mol. The zero-order chi connectivity index (χ0) is 13.0. The molecule has 2 rings (SSSR count). The highest BCUT2D eigenvalue weighted by Crippen LogP contribution is 2.22. The summed E-state index contributed by atoms with van der Waals surface area (Å²) in [4.78, 5) is 6.79. The fourth-order valence-corrected chi connectivity index (χ4v) is 2.80. The number of nitrogens with zero attached hydrogens (tertiary/aromatic N) is 2. The molecule has 0 aliphatic rings. The van der Waals surface area contributed by atoms with Crippen molar-refractivity contribution in [2.45, 2.75) is 19.5 Å². The van der Waals surface area contributed by atoms with Gasteiger partial charge < -0.3 is 5.73 Å². The molecule has 0 aliphatic carbocycles. The summed E-state index contributed by atoms with van der Waals surface area (Å²) in [7, 11) is 2.10. The predicted octanol–water partition coefficient (Wildman–Crippen LogP) is 2.58. The minimum absolute atomic E-state index is 0.263. The molecule has 0 bridgehead atoms. The van der Waals surface area contributed by atoms with Gasteiger partial charge in [0.05, 0.1) is 5.69 Å². The number of thiophene rings is 1. The van der Waals surface area contributed by atoms with Gasteiger partial charge in [-0.05, 0) is 48.5 Å². The van der Waals surface area contributed by atoms with Crippen molar-refractivity contribution in [2.24, 2.45) is 5.73 Å². The second kappa shape index (κ2) is 6.09. The summed E-state index contributed by atoms with van der Waals surface area (Å²) < 4.78 is 0. The second-order valence-electron chi connectivity index (χ2n) is 4.49. The van der Waals surface area contributed by atoms with Crippen molar-refractivity contribution in [2.75, 3.05) is 13.6 Å². The van der Waals surface area contributed by atoms with Crippen LogP contribution in [0.3, 0.4) is 0 Å². The van der Waals surface area contributed by atoms with Gasteiger partial charge in [-0.1, -0.05) is 6.07 Å². The maximum absolute atomic E-state index is 5.89. The van der Waals surface area contributed by atoms with Gasteiger partial charge in [0.2, 0.25) is 0 Å². The molecule has 0 saturated heterocycles. The molecule has 0 fully saturated rings. The minimum Gasteiger partial charge on any atom is -0.329 e. The van der Waals surface area contributed by atoms with Crippen molar-refractivity contribution < 1.29 is 0 Å². The van der Waals surface area contributed by atoms with Crippen molar-refractivity contribution in [1.82, 2.24) is 9.88 Å². The van der Waals surface area contributed by atoms with Gasteiger partial charge in [0.25, 0.3) is 0 Å². The van der Waals surface area contributed by atoms with E-state index in [2.05, 4.69) is 39.8 Å². The Bertz CT molecular complexity index is 482. The Morgan fingerprint density at radius 1 is 1.39 bits per heavy atom. The van der Waals surface area contributed by atoms with Gasteiger partial charge in [0.1, 0.15) is 0 Å². The molecule has 0 saturated carbocycles. The summed E-state index contributed by atoms with van der Waals surface area (Å²) in [5.41, 5.74) is 9.33. The Morgan fingerprint density at radius 3 is 2.83 bits per heavy atom. The van der Waals surface area contributed by atoms with E-state index in [-0.39, 0.29) is 6.04 Å². The van der Waals surface area contributed by atoms with Crippen LogP contribution >= 0.6 is 11.3 Å². The topological polar surface area (TPSA) is 42.1 Å². The van der Waals surface area contributed by atoms with E-state index < -0.39 is 0 Å². The Balaban J connectivity index is 2.08. The van der Waals surface area contributed by atoms with Crippen LogP contribution in [0.1, 0.15) is 23.0 Å². The Kier molecular flexibility index (Phi) is 4.47. The molecule has 1 unspecified atom stereocenters. The van der Waals surface area contributed by atoms with Gasteiger partial charge in [-0.25, -0.2) is 0 Å². The molecule has 1 atom stereocenters. The largest absolute Gasteiger partial charge is 0.329 e. The lowest BCUT2D eigenvalue weighted by Crippen LogP contribution is -2.30. The minimum atomic E-state index is 0.263. The first-order valence-electron chi connectivity index (χ1n) is 6.05. The lowest BCUT2D eigenvalue weighted by Gasteiger charge is -2.26. The summed E-state index contributed by atoms with van der Waals surface area (Å²) in [6.07, 6.45) is 0. The molecule has 0 aromatic carbocycles. The highest BCUT2D eigenvalue weighted by molar-refractivity contribution is 7.07. The molecule has 2 heterocycles. The zero-order valence-electron chi connectivity index (χ0n) is 10.8. The Labute approximate surface area is 112 Å². The van der Waals surface area contributed by atoms with Gasteiger partial charge in [-0.3, -0.25) is 9.88 Å². The van der Waals surface area contributed by atoms with Crippen LogP contribution < -0.4 is 5.73 Å². The predicted molar refractivity (Wildman–Crippen MR) is 76.6 cm³/mol. The Hall–Kier alpha value is -1.23. The molecule has 0 amide bonds. The number of hydrogen-bond donors (Lipinski definition) is 1. The van der Waals surface area contributed by atoms with Crippen LogP contribution in [0.25, 0.3) is 0 Å². The van der Waals surface area contributed by atoms with E-state index in [1.54, 1.807) is 11.3 Å². The molecular formula is C14H19N3S. The van der Waals surface area contributed by atoms with Crippen molar-refractivity contribution in [3.63, 3.8) is 0 Å². The van der Waals surface area contributed by atoms with E-state index in [4.69, 9.17) is 5.73 Å². The maximum Gasteiger partial charge on any atom is 0.0547 e. The smallest absolute Gasteiger partial charge is 0.0547 e. The van der Waals surface area contributed by atoms with Gasteiger partial charge in [-0.2, -0.15) is 11.3 Å². The highest BCUT2D eigenvalue weighted by atomic mass is 32.1. The van der Waals surface area contributed by atoms with Gasteiger partial charge in [0, 0.05) is 24.8 Å². The number of aryl methyl sites for hydroxylation is 1. The molecular weight excluding hydrogens is 242 g/mol. The van der Waals surface area contributed by atoms with Gasteiger partial charge in [0.15, 0.2) is 0 Å². The molecule has 2 aromatic heterocycles. The lowest BCUT2D eigenvalue weighted by atomic mass is 10.1. The lowest BCUT2D eigenvalue weighted by molar-refractivity contribution is 0.239. The summed E-state index contributed by atoms with van der Waals surface area (Å²) in [6.45, 7) is 3.46. The SMILES string of the molecule is Cc1cccc(CN(C)C(CN)c2ccsc2)n1. The van der Waals surface area contributed by atoms with Crippen molar-refractivity contribution >= 4 is 11.3 Å². The summed E-state index contributed by atoms with van der Waals surface area (Å²) in [6, 6.07) is 8.53. The molecule has 18 heavy (non-hydrogen) atoms. The number of rotatable bonds is 5. The third-order valence-corrected chi connectivity index (χ3v) is 3.74. The first-order chi connectivity index (χ1) is 8.70. The zero-order valence-corrected chi connectivity index (χ0v) is 11.7. The standard InChI is InChI=1S/C14H19N3S/c1-11-4-3-5-13(16-11)9-17(2)14(8-15)12-6-7-18-10-12/h3-7,10,14H,8-9,15H2,1-2H3. The monoisotopic (exact) mass is 261 g/mol. The van der Waals surface area contributed by atoms with Crippen LogP contribution in [-0.2, 0) is 6.54 Å². The number of pyridine rings is 1. The van der Waals surface area contributed by atoms with Crippen LogP contribution in [0.5, 0.6) is 0 Å². The molecule has 4 heteroatoms. The van der Waals surface area contributed by atoms with E-state index in [0.717, 1.165) is 17.9 Å². The third kappa shape index (κ3) is 3.16. The molecule has 3 nitrogen and oxygen atoms in total. The third-order valence-electron chi connectivity index (χ3n) is 3.04. The Morgan fingerprint density at radius 2 is 2.22 bits per heavy atom. The van der Waals surface area contributed by atoms with Gasteiger partial charge >= 0.3 is 0 Å². The normalized spacial score (nSPS) is 12.9. The van der Waals surface area contributed by atoms with Crippen LogP contribution in [-0.4, -0.2) is 23.5 Å². The van der Waals surface area contributed by atoms with Crippen molar-refractivity contribution in [3.05, 3.63) is 52.0 Å². The molecule has 0 aliphatic heterocycles. The fourth-order valence-electron chi connectivity index (χ4n) is 2.09. The number of aromatic nitrogens is 1. The summed E-state index contributed by atoms with van der Waals surface area (Å²) >= 11 is 1.71. The molecule has 96 valence electrons. The maximum atomic E-state index is 5.89. The van der Waals surface area contributed by atoms with Crippen LogP contribution in [0.2, 0.25) is 0 Å². The molecule has 0 spiro atoms. The fraction of sp³-hybridized carbons (Fsp3) is 0.357. The highest BCUT2D eigenvalue weighted by Gasteiger charge is 2.16. The van der Waals surface area contributed by atoms with Crippen molar-refractivity contribution in [3.8, 4) is 0 Å². The van der Waals surface area contributed by atoms with E-state index in [0.29, 0.717) is 6.54 Å². The van der Waals surface area contributed by atoms with Crippen molar-refractivity contribution in [1.29, 1.82) is 0 Å². The first kappa shape index (κ1) is 13.2. The van der Waals surface area contributed by atoms with Crippen LogP contribution in [0.4, 0.5) is 0 Å². The number of likely N-dealkylation sites (N-methyl/N-ethyl adjacent to an activating group) is 1. The summed E-state index contributed by atoms with van der Waals surface area (Å²) in [5, 5.41) is 4.26. The number of nitrogens with two attached hydrogens (primary N) is 1. The summed E-state index contributed by atoms with van der Waals surface area (Å²) in [5.74, 6) is 0. The van der Waals surface area contributed by atoms with E-state index >= 15 is 0 Å². The average Bonchev–Trinajstić information content (AvgIpc) is 2.83. The van der Waals surface area contributed by atoms with E-state index in [1.807, 2.05) is 19.1 Å². The quantitative estimate of drug-likeness (QED) is 0.899. The van der Waals surface area contributed by atoms with Crippen LogP contribution in [0, 0.1) is 6.92 Å². The van der Waals surface area contributed by atoms with Gasteiger partial charge in [-0.15, -0.1) is 0 Å².